The van der Waals surface area contributed by atoms with Crippen LogP contribution in [0.25, 0.3) is 0 Å². The normalized spacial score (nSPS) is 18.5. The van der Waals surface area contributed by atoms with E-state index in [1.165, 1.54) is 12.3 Å². The molecule has 62 valence electrons. The average molecular weight is 178 g/mol. The van der Waals surface area contributed by atoms with E-state index in [4.69, 9.17) is 11.8 Å². The van der Waals surface area contributed by atoms with E-state index in [1.807, 2.05) is 0 Å². The highest BCUT2D eigenvalue weighted by Crippen LogP contribution is 2.46. The number of hydrogen-bond donors (Lipinski definition) is 0. The first-order valence-electron chi connectivity index (χ1n) is 3.82. The Bertz CT molecular complexity index is 144. The van der Waals surface area contributed by atoms with Gasteiger partial charge in [-0.3, -0.25) is 0 Å². The molecule has 1 atom stereocenters. The topological polar surface area (TPSA) is 0 Å². The molecule has 0 fully saturated rings. The summed E-state index contributed by atoms with van der Waals surface area (Å²) in [7, 11) is 0. The SMILES string of the molecule is CCP(C)(=S)CC(C)(C)C. The average Bonchev–Trinajstić information content (AvgIpc) is 1.60. The van der Waals surface area contributed by atoms with Gasteiger partial charge >= 0.3 is 0 Å². The van der Waals surface area contributed by atoms with Crippen molar-refractivity contribution >= 4 is 17.8 Å². The fraction of sp³-hybridized carbons (Fsp3) is 1.00. The lowest BCUT2D eigenvalue weighted by molar-refractivity contribution is 0.477. The Kier molecular flexibility index (Phi) is 3.58. The highest BCUT2D eigenvalue weighted by molar-refractivity contribution is 8.14. The van der Waals surface area contributed by atoms with Gasteiger partial charge < -0.3 is 0 Å². The van der Waals surface area contributed by atoms with E-state index in [0.717, 1.165) is 0 Å². The van der Waals surface area contributed by atoms with E-state index in [1.54, 1.807) is 0 Å². The van der Waals surface area contributed by atoms with Crippen LogP contribution in [0, 0.1) is 5.41 Å². The molecule has 0 spiro atoms. The van der Waals surface area contributed by atoms with E-state index in [9.17, 15) is 0 Å². The van der Waals surface area contributed by atoms with Gasteiger partial charge in [0.25, 0.3) is 0 Å². The van der Waals surface area contributed by atoms with Crippen LogP contribution in [0.4, 0.5) is 0 Å². The van der Waals surface area contributed by atoms with Crippen LogP contribution < -0.4 is 0 Å². The van der Waals surface area contributed by atoms with Crippen LogP contribution in [-0.2, 0) is 11.8 Å². The monoisotopic (exact) mass is 178 g/mol. The molecule has 0 aliphatic carbocycles. The summed E-state index contributed by atoms with van der Waals surface area (Å²) < 4.78 is 0. The Morgan fingerprint density at radius 2 is 1.70 bits per heavy atom. The zero-order chi connectivity index (χ0) is 8.41. The number of hydrogen-bond acceptors (Lipinski definition) is 1. The maximum absolute atomic E-state index is 5.50. The predicted molar refractivity (Wildman–Crippen MR) is 55.1 cm³/mol. The van der Waals surface area contributed by atoms with Gasteiger partial charge in [-0.25, -0.2) is 0 Å². The molecule has 10 heavy (non-hydrogen) atoms. The fourth-order valence-corrected chi connectivity index (χ4v) is 4.51. The van der Waals surface area contributed by atoms with Gasteiger partial charge in [0.15, 0.2) is 0 Å². The molecule has 0 aromatic heterocycles. The van der Waals surface area contributed by atoms with Crippen LogP contribution in [0.5, 0.6) is 0 Å². The summed E-state index contributed by atoms with van der Waals surface area (Å²) in [5.74, 6) is 0. The first kappa shape index (κ1) is 10.7. The molecule has 0 bridgehead atoms. The highest BCUT2D eigenvalue weighted by atomic mass is 32.4. The molecule has 0 aliphatic rings. The largest absolute Gasteiger partial charge is 0.0978 e. The van der Waals surface area contributed by atoms with Gasteiger partial charge in [0, 0.05) is 0 Å². The van der Waals surface area contributed by atoms with Crippen LogP contribution in [0.3, 0.4) is 0 Å². The van der Waals surface area contributed by atoms with Crippen molar-refractivity contribution in [2.45, 2.75) is 27.7 Å². The van der Waals surface area contributed by atoms with E-state index >= 15 is 0 Å². The molecule has 0 nitrogen and oxygen atoms in total. The van der Waals surface area contributed by atoms with Gasteiger partial charge in [-0.15, -0.1) is 0 Å². The molecule has 2 heteroatoms. The number of rotatable bonds is 2. The summed E-state index contributed by atoms with van der Waals surface area (Å²) in [6.45, 7) is 11.3. The lowest BCUT2D eigenvalue weighted by atomic mass is 10.0. The summed E-state index contributed by atoms with van der Waals surface area (Å²) in [5, 5.41) is 0. The summed E-state index contributed by atoms with van der Waals surface area (Å²) in [4.78, 5) is 0. The second kappa shape index (κ2) is 3.36. The summed E-state index contributed by atoms with van der Waals surface area (Å²) in [6, 6.07) is -0.962. The summed E-state index contributed by atoms with van der Waals surface area (Å²) in [5.41, 5.74) is 0.431. The quantitative estimate of drug-likeness (QED) is 0.585. The molecule has 0 saturated heterocycles. The summed E-state index contributed by atoms with van der Waals surface area (Å²) >= 11 is 5.50. The van der Waals surface area contributed by atoms with E-state index in [-0.39, 0.29) is 0 Å². The fourth-order valence-electron chi connectivity index (χ4n) is 1.12. The van der Waals surface area contributed by atoms with Gasteiger partial charge in [-0.05, 0) is 30.4 Å². The predicted octanol–water partition coefficient (Wildman–Crippen LogP) is 3.16. The van der Waals surface area contributed by atoms with Crippen molar-refractivity contribution in [2.24, 2.45) is 5.41 Å². The first-order valence-corrected chi connectivity index (χ1v) is 7.44. The molecule has 0 N–H and O–H groups in total. The molecule has 0 radical (unpaired) electrons. The minimum atomic E-state index is -0.962. The third kappa shape index (κ3) is 5.44. The van der Waals surface area contributed by atoms with Crippen molar-refractivity contribution in [3.63, 3.8) is 0 Å². The Morgan fingerprint density at radius 1 is 1.30 bits per heavy atom. The second-order valence-corrected chi connectivity index (χ2v) is 10.5. The van der Waals surface area contributed by atoms with Crippen LogP contribution in [0.2, 0.25) is 0 Å². The van der Waals surface area contributed by atoms with Crippen molar-refractivity contribution in [2.75, 3.05) is 19.0 Å². The van der Waals surface area contributed by atoms with Gasteiger partial charge in [0.05, 0.1) is 0 Å². The molecule has 0 heterocycles. The van der Waals surface area contributed by atoms with E-state index < -0.39 is 6.04 Å². The minimum absolute atomic E-state index is 0.431. The lowest BCUT2D eigenvalue weighted by Crippen LogP contribution is -2.12. The second-order valence-electron chi connectivity index (χ2n) is 4.33. The highest BCUT2D eigenvalue weighted by Gasteiger charge is 2.18. The summed E-state index contributed by atoms with van der Waals surface area (Å²) in [6.07, 6.45) is 2.45. The van der Waals surface area contributed by atoms with Crippen LogP contribution in [-0.4, -0.2) is 19.0 Å². The first-order chi connectivity index (χ1) is 4.27. The third-order valence-electron chi connectivity index (χ3n) is 1.48. The van der Waals surface area contributed by atoms with Crippen molar-refractivity contribution in [3.8, 4) is 0 Å². The van der Waals surface area contributed by atoms with Gasteiger partial charge in [0.1, 0.15) is 0 Å². The van der Waals surface area contributed by atoms with Gasteiger partial charge in [-0.2, -0.15) is 0 Å². The maximum atomic E-state index is 5.50. The Balaban J connectivity index is 4.03. The van der Waals surface area contributed by atoms with Gasteiger partial charge in [-0.1, -0.05) is 39.5 Å². The van der Waals surface area contributed by atoms with E-state index in [2.05, 4.69) is 34.4 Å². The Labute approximate surface area is 70.4 Å². The molecule has 0 rings (SSSR count). The maximum Gasteiger partial charge on any atom is -0.0188 e. The molecule has 0 aliphatic heterocycles. The van der Waals surface area contributed by atoms with Crippen molar-refractivity contribution in [1.29, 1.82) is 0 Å². The molecule has 0 aromatic carbocycles. The molecule has 0 amide bonds. The van der Waals surface area contributed by atoms with Crippen LogP contribution in [0.15, 0.2) is 0 Å². The third-order valence-corrected chi connectivity index (χ3v) is 5.60. The van der Waals surface area contributed by atoms with E-state index in [0.29, 0.717) is 5.41 Å². The van der Waals surface area contributed by atoms with Crippen molar-refractivity contribution in [3.05, 3.63) is 0 Å². The van der Waals surface area contributed by atoms with Crippen LogP contribution >= 0.6 is 6.04 Å². The molecule has 0 saturated carbocycles. The zero-order valence-corrected chi connectivity index (χ0v) is 9.48. The van der Waals surface area contributed by atoms with Gasteiger partial charge in [0.2, 0.25) is 0 Å². The molecule has 1 unspecified atom stereocenters. The van der Waals surface area contributed by atoms with Crippen molar-refractivity contribution in [1.82, 2.24) is 0 Å². The smallest absolute Gasteiger partial charge is 0.0188 e. The van der Waals surface area contributed by atoms with Crippen molar-refractivity contribution < 1.29 is 0 Å². The Hall–Kier alpha value is 0.650. The molecular weight excluding hydrogens is 159 g/mol. The lowest BCUT2D eigenvalue weighted by Gasteiger charge is -2.25. The molecular formula is C8H19PS. The minimum Gasteiger partial charge on any atom is -0.0978 e. The Morgan fingerprint density at radius 3 is 1.80 bits per heavy atom. The van der Waals surface area contributed by atoms with Crippen LogP contribution in [0.1, 0.15) is 27.7 Å². The standard InChI is InChI=1S/C8H19PS/c1-6-9(5,10)7-8(2,3)4/h6-7H2,1-5H3. The molecule has 0 aromatic rings. The zero-order valence-electron chi connectivity index (χ0n) is 7.77.